The molecule has 0 saturated heterocycles. The van der Waals surface area contributed by atoms with Crippen molar-refractivity contribution < 1.29 is 4.79 Å². The number of nitriles is 1. The Bertz CT molecular complexity index is 1470. The summed E-state index contributed by atoms with van der Waals surface area (Å²) in [7, 11) is 0. The van der Waals surface area contributed by atoms with Crippen LogP contribution in [-0.4, -0.2) is 21.9 Å². The number of nitrogens with zero attached hydrogens (tertiary/aromatic N) is 4. The minimum absolute atomic E-state index is 0.0422. The van der Waals surface area contributed by atoms with Gasteiger partial charge in [0.05, 0.1) is 11.9 Å². The van der Waals surface area contributed by atoms with Gasteiger partial charge in [-0.2, -0.15) is 20.1 Å². The van der Waals surface area contributed by atoms with E-state index in [0.717, 1.165) is 26.6 Å². The molecule has 7 heteroatoms. The quantitative estimate of drug-likeness (QED) is 0.402. The molecule has 3 aromatic carbocycles. The highest BCUT2D eigenvalue weighted by molar-refractivity contribution is 6.00. The van der Waals surface area contributed by atoms with Crippen LogP contribution in [0.25, 0.3) is 16.5 Å². The normalized spacial score (nSPS) is 10.9. The Morgan fingerprint density at radius 1 is 1.06 bits per heavy atom. The molecular weight excluding hydrogens is 402 g/mol. The molecule has 0 fully saturated rings. The van der Waals surface area contributed by atoms with Gasteiger partial charge >= 0.3 is 0 Å². The van der Waals surface area contributed by atoms with E-state index < -0.39 is 11.5 Å². The summed E-state index contributed by atoms with van der Waals surface area (Å²) >= 11 is 0. The molecule has 1 N–H and O–H groups in total. The highest BCUT2D eigenvalue weighted by Gasteiger charge is 2.20. The first-order valence-electron chi connectivity index (χ1n) is 9.92. The van der Waals surface area contributed by atoms with Crippen LogP contribution in [0.15, 0.2) is 76.6 Å². The van der Waals surface area contributed by atoms with Crippen LogP contribution in [0.4, 0.5) is 0 Å². The number of amides is 1. The maximum atomic E-state index is 12.9. The van der Waals surface area contributed by atoms with Gasteiger partial charge in [-0.15, -0.1) is 0 Å². The number of hydrazone groups is 1. The number of para-hydroxylation sites is 1. The molecule has 0 radical (unpaired) electrons. The van der Waals surface area contributed by atoms with E-state index in [0.29, 0.717) is 5.69 Å². The second-order valence-corrected chi connectivity index (χ2v) is 7.23. The van der Waals surface area contributed by atoms with Crippen molar-refractivity contribution in [1.29, 1.82) is 5.26 Å². The standard InChI is InChI=1S/C25H19N5O2/c1-16-8-3-6-13-22(16)30-25(32)21(14-26)17(2)23(29-30)24(31)28-27-15-19-11-7-10-18-9-4-5-12-20(18)19/h3-13,15H,1-2H3,(H,28,31)/b27-15+. The predicted molar refractivity (Wildman–Crippen MR) is 123 cm³/mol. The van der Waals surface area contributed by atoms with E-state index in [1.54, 1.807) is 18.3 Å². The summed E-state index contributed by atoms with van der Waals surface area (Å²) in [4.78, 5) is 25.6. The molecule has 0 aliphatic rings. The predicted octanol–water partition coefficient (Wildman–Crippen LogP) is 3.64. The van der Waals surface area contributed by atoms with E-state index in [9.17, 15) is 14.9 Å². The van der Waals surface area contributed by atoms with Crippen LogP contribution in [0.1, 0.15) is 32.7 Å². The van der Waals surface area contributed by atoms with E-state index in [4.69, 9.17) is 0 Å². The summed E-state index contributed by atoms with van der Waals surface area (Å²) in [6.45, 7) is 3.35. The minimum Gasteiger partial charge on any atom is -0.266 e. The van der Waals surface area contributed by atoms with Gasteiger partial charge in [0.15, 0.2) is 5.69 Å². The second-order valence-electron chi connectivity index (χ2n) is 7.23. The van der Waals surface area contributed by atoms with Crippen molar-refractivity contribution in [2.45, 2.75) is 13.8 Å². The SMILES string of the molecule is Cc1ccccc1-n1nc(C(=O)N/N=C/c2cccc3ccccc23)c(C)c(C#N)c1=O. The van der Waals surface area contributed by atoms with Crippen LogP contribution in [0.5, 0.6) is 0 Å². The molecule has 0 unspecified atom stereocenters. The zero-order chi connectivity index (χ0) is 22.7. The number of carbonyl (C=O) groups excluding carboxylic acids is 1. The fraction of sp³-hybridized carbons (Fsp3) is 0.0800. The van der Waals surface area contributed by atoms with E-state index in [2.05, 4.69) is 15.6 Å². The van der Waals surface area contributed by atoms with E-state index in [1.165, 1.54) is 6.92 Å². The maximum Gasteiger partial charge on any atom is 0.292 e. The summed E-state index contributed by atoms with van der Waals surface area (Å²) < 4.78 is 1.09. The maximum absolute atomic E-state index is 12.9. The second kappa shape index (κ2) is 8.66. The lowest BCUT2D eigenvalue weighted by Gasteiger charge is -2.12. The number of hydrogen-bond donors (Lipinski definition) is 1. The van der Waals surface area contributed by atoms with Crippen molar-refractivity contribution in [3.05, 3.63) is 105 Å². The van der Waals surface area contributed by atoms with Gasteiger partial charge in [-0.25, -0.2) is 5.43 Å². The van der Waals surface area contributed by atoms with Crippen molar-refractivity contribution in [1.82, 2.24) is 15.2 Å². The summed E-state index contributed by atoms with van der Waals surface area (Å²) in [5, 5.41) is 19.9. The number of aryl methyl sites for hydroxylation is 1. The van der Waals surface area contributed by atoms with Crippen molar-refractivity contribution in [3.8, 4) is 11.8 Å². The topological polar surface area (TPSA) is 100 Å². The van der Waals surface area contributed by atoms with Crippen LogP contribution < -0.4 is 11.0 Å². The molecule has 0 aliphatic heterocycles. The molecule has 0 bridgehead atoms. The number of hydrogen-bond acceptors (Lipinski definition) is 5. The first kappa shape index (κ1) is 20.7. The lowest BCUT2D eigenvalue weighted by Crippen LogP contribution is -2.31. The highest BCUT2D eigenvalue weighted by atomic mass is 16.2. The van der Waals surface area contributed by atoms with Gasteiger partial charge in [-0.3, -0.25) is 9.59 Å². The molecule has 1 heterocycles. The summed E-state index contributed by atoms with van der Waals surface area (Å²) in [6, 6.07) is 22.7. The molecule has 0 spiro atoms. The summed E-state index contributed by atoms with van der Waals surface area (Å²) in [5.74, 6) is -0.613. The number of benzene rings is 3. The van der Waals surface area contributed by atoms with Gasteiger partial charge in [-0.1, -0.05) is 60.7 Å². The number of aromatic nitrogens is 2. The van der Waals surface area contributed by atoms with Crippen LogP contribution in [-0.2, 0) is 0 Å². The molecule has 0 saturated carbocycles. The molecule has 1 amide bonds. The molecule has 0 atom stereocenters. The van der Waals surface area contributed by atoms with Crippen molar-refractivity contribution in [2.75, 3.05) is 0 Å². The number of carbonyl (C=O) groups is 1. The van der Waals surface area contributed by atoms with Crippen molar-refractivity contribution in [2.24, 2.45) is 5.10 Å². The number of nitrogens with one attached hydrogen (secondary N) is 1. The van der Waals surface area contributed by atoms with Crippen molar-refractivity contribution in [3.63, 3.8) is 0 Å². The molecule has 4 aromatic rings. The number of rotatable bonds is 4. The average molecular weight is 421 g/mol. The van der Waals surface area contributed by atoms with Gasteiger partial charge in [-0.05, 0) is 36.2 Å². The smallest absolute Gasteiger partial charge is 0.266 e. The first-order chi connectivity index (χ1) is 15.5. The van der Waals surface area contributed by atoms with Gasteiger partial charge < -0.3 is 0 Å². The molecular formula is C25H19N5O2. The van der Waals surface area contributed by atoms with Gasteiger partial charge in [0.2, 0.25) is 0 Å². The third-order valence-electron chi connectivity index (χ3n) is 5.20. The van der Waals surface area contributed by atoms with Gasteiger partial charge in [0.25, 0.3) is 11.5 Å². The third kappa shape index (κ3) is 3.77. The Labute approximate surface area is 184 Å². The summed E-state index contributed by atoms with van der Waals surface area (Å²) in [6.07, 6.45) is 1.55. The Kier molecular flexibility index (Phi) is 5.60. The molecule has 7 nitrogen and oxygen atoms in total. The van der Waals surface area contributed by atoms with Crippen LogP contribution >= 0.6 is 0 Å². The zero-order valence-electron chi connectivity index (χ0n) is 17.5. The molecule has 32 heavy (non-hydrogen) atoms. The van der Waals surface area contributed by atoms with Crippen LogP contribution in [0.2, 0.25) is 0 Å². The molecule has 156 valence electrons. The molecule has 1 aromatic heterocycles. The van der Waals surface area contributed by atoms with Gasteiger partial charge in [0.1, 0.15) is 11.6 Å². The van der Waals surface area contributed by atoms with Crippen LogP contribution in [0, 0.1) is 25.2 Å². The molecule has 0 aliphatic carbocycles. The van der Waals surface area contributed by atoms with Crippen molar-refractivity contribution >= 4 is 22.9 Å². The third-order valence-corrected chi connectivity index (χ3v) is 5.20. The largest absolute Gasteiger partial charge is 0.292 e. The Balaban J connectivity index is 1.70. The Hall–Kier alpha value is -4.57. The first-order valence-corrected chi connectivity index (χ1v) is 9.92. The minimum atomic E-state index is -0.613. The zero-order valence-corrected chi connectivity index (χ0v) is 17.5. The van der Waals surface area contributed by atoms with E-state index in [1.807, 2.05) is 67.6 Å². The lowest BCUT2D eigenvalue weighted by molar-refractivity contribution is 0.0947. The fourth-order valence-corrected chi connectivity index (χ4v) is 3.49. The fourth-order valence-electron chi connectivity index (χ4n) is 3.49. The monoisotopic (exact) mass is 421 g/mol. The van der Waals surface area contributed by atoms with E-state index in [-0.39, 0.29) is 16.8 Å². The Morgan fingerprint density at radius 2 is 1.78 bits per heavy atom. The van der Waals surface area contributed by atoms with E-state index >= 15 is 0 Å². The van der Waals surface area contributed by atoms with Crippen LogP contribution in [0.3, 0.4) is 0 Å². The highest BCUT2D eigenvalue weighted by Crippen LogP contribution is 2.17. The number of fused-ring (bicyclic) bond motifs is 1. The summed E-state index contributed by atoms with van der Waals surface area (Å²) in [5.41, 5.74) is 4.05. The lowest BCUT2D eigenvalue weighted by atomic mass is 10.1. The molecule has 4 rings (SSSR count). The Morgan fingerprint density at radius 3 is 2.56 bits per heavy atom. The average Bonchev–Trinajstić information content (AvgIpc) is 2.80. The van der Waals surface area contributed by atoms with Gasteiger partial charge in [0, 0.05) is 11.1 Å².